The molecule has 9 heteroatoms. The summed E-state index contributed by atoms with van der Waals surface area (Å²) in [5.41, 5.74) is 0.592. The highest BCUT2D eigenvalue weighted by molar-refractivity contribution is 6.38. The summed E-state index contributed by atoms with van der Waals surface area (Å²) in [6.07, 6.45) is 0.660. The molecule has 0 aliphatic rings. The quantitative estimate of drug-likeness (QED) is 0.347. The van der Waals surface area contributed by atoms with Gasteiger partial charge in [0, 0.05) is 14.1 Å². The van der Waals surface area contributed by atoms with Gasteiger partial charge in [-0.15, -0.1) is 0 Å². The van der Waals surface area contributed by atoms with Crippen LogP contribution in [0, 0.1) is 5.92 Å². The number of nitrogens with zero attached hydrogens (tertiary/aromatic N) is 1. The van der Waals surface area contributed by atoms with Gasteiger partial charge in [-0.2, -0.15) is 0 Å². The minimum absolute atomic E-state index is 0.0798. The van der Waals surface area contributed by atoms with E-state index in [1.165, 1.54) is 4.90 Å². The first-order valence-corrected chi connectivity index (χ1v) is 9.24. The number of amides is 4. The molecule has 158 valence electrons. The molecule has 0 aliphatic heterocycles. The van der Waals surface area contributed by atoms with Crippen LogP contribution in [0.3, 0.4) is 0 Å². The van der Waals surface area contributed by atoms with Crippen LogP contribution in [0.1, 0.15) is 31.9 Å². The average molecular weight is 404 g/mol. The lowest BCUT2D eigenvalue weighted by atomic mass is 10.00. The van der Waals surface area contributed by atoms with Gasteiger partial charge in [0.1, 0.15) is 6.04 Å². The number of hydrogen-bond donors (Lipinski definition) is 3. The molecule has 2 atom stereocenters. The van der Waals surface area contributed by atoms with Crippen molar-refractivity contribution in [2.24, 2.45) is 5.92 Å². The van der Waals surface area contributed by atoms with Crippen LogP contribution >= 0.6 is 0 Å². The van der Waals surface area contributed by atoms with Gasteiger partial charge in [0.15, 0.2) is 0 Å². The lowest BCUT2D eigenvalue weighted by molar-refractivity contribution is -0.140. The molecule has 0 aliphatic carbocycles. The number of hydrogen-bond acceptors (Lipinski definition) is 5. The zero-order valence-electron chi connectivity index (χ0n) is 17.1. The molecule has 4 amide bonds. The Morgan fingerprint density at radius 3 is 2.21 bits per heavy atom. The van der Waals surface area contributed by atoms with Crippen LogP contribution in [0.5, 0.6) is 0 Å². The van der Waals surface area contributed by atoms with Crippen molar-refractivity contribution in [3.8, 4) is 0 Å². The van der Waals surface area contributed by atoms with Gasteiger partial charge in [-0.05, 0) is 17.9 Å². The fourth-order valence-electron chi connectivity index (χ4n) is 2.61. The highest BCUT2D eigenvalue weighted by Gasteiger charge is 2.27. The SMILES string of the molecule is CC(C)CC(NC=O)C(=O)C(=O)NCC(=O)NC(C(=O)N(C)C)c1ccccc1. The predicted molar refractivity (Wildman–Crippen MR) is 106 cm³/mol. The fourth-order valence-corrected chi connectivity index (χ4v) is 2.61. The summed E-state index contributed by atoms with van der Waals surface area (Å²) in [6, 6.07) is 6.81. The van der Waals surface area contributed by atoms with E-state index in [4.69, 9.17) is 0 Å². The molecule has 0 heterocycles. The van der Waals surface area contributed by atoms with E-state index in [2.05, 4.69) is 16.0 Å². The van der Waals surface area contributed by atoms with E-state index in [9.17, 15) is 24.0 Å². The maximum absolute atomic E-state index is 12.4. The van der Waals surface area contributed by atoms with E-state index in [0.29, 0.717) is 18.4 Å². The number of carbonyl (C=O) groups excluding carboxylic acids is 5. The Labute approximate surface area is 170 Å². The van der Waals surface area contributed by atoms with Gasteiger partial charge in [-0.25, -0.2) is 0 Å². The Morgan fingerprint density at radius 2 is 1.69 bits per heavy atom. The first-order valence-electron chi connectivity index (χ1n) is 9.24. The van der Waals surface area contributed by atoms with E-state index in [1.807, 2.05) is 13.8 Å². The van der Waals surface area contributed by atoms with Crippen LogP contribution in [0.15, 0.2) is 30.3 Å². The van der Waals surface area contributed by atoms with Gasteiger partial charge in [-0.1, -0.05) is 44.2 Å². The van der Waals surface area contributed by atoms with Crippen molar-refractivity contribution in [3.05, 3.63) is 35.9 Å². The van der Waals surface area contributed by atoms with Gasteiger partial charge in [0.2, 0.25) is 24.0 Å². The number of nitrogens with one attached hydrogen (secondary N) is 3. The van der Waals surface area contributed by atoms with Gasteiger partial charge < -0.3 is 20.9 Å². The number of benzene rings is 1. The Kier molecular flexibility index (Phi) is 9.50. The molecule has 0 spiro atoms. The number of carbonyl (C=O) groups is 5. The van der Waals surface area contributed by atoms with Gasteiger partial charge in [0.05, 0.1) is 12.6 Å². The van der Waals surface area contributed by atoms with Crippen molar-refractivity contribution in [1.29, 1.82) is 0 Å². The third-order valence-corrected chi connectivity index (χ3v) is 4.05. The zero-order valence-corrected chi connectivity index (χ0v) is 17.1. The van der Waals surface area contributed by atoms with Crippen molar-refractivity contribution in [3.63, 3.8) is 0 Å². The number of rotatable bonds is 11. The van der Waals surface area contributed by atoms with E-state index in [0.717, 1.165) is 0 Å². The Morgan fingerprint density at radius 1 is 1.07 bits per heavy atom. The molecular formula is C20H28N4O5. The smallest absolute Gasteiger partial charge is 0.290 e. The van der Waals surface area contributed by atoms with E-state index < -0.39 is 36.2 Å². The molecule has 0 radical (unpaired) electrons. The van der Waals surface area contributed by atoms with Gasteiger partial charge in [-0.3, -0.25) is 24.0 Å². The van der Waals surface area contributed by atoms with Gasteiger partial charge in [0.25, 0.3) is 5.91 Å². The molecule has 3 N–H and O–H groups in total. The highest BCUT2D eigenvalue weighted by atomic mass is 16.2. The van der Waals surface area contributed by atoms with Crippen molar-refractivity contribution >= 4 is 29.9 Å². The largest absolute Gasteiger partial charge is 0.348 e. The summed E-state index contributed by atoms with van der Waals surface area (Å²) in [5.74, 6) is -2.69. The molecular weight excluding hydrogens is 376 g/mol. The Hall–Kier alpha value is -3.23. The zero-order chi connectivity index (χ0) is 22.0. The average Bonchev–Trinajstić information content (AvgIpc) is 2.69. The lowest BCUT2D eigenvalue weighted by Crippen LogP contribution is -2.49. The normalized spacial score (nSPS) is 12.4. The molecule has 29 heavy (non-hydrogen) atoms. The van der Waals surface area contributed by atoms with Crippen molar-refractivity contribution < 1.29 is 24.0 Å². The molecule has 2 unspecified atom stereocenters. The van der Waals surface area contributed by atoms with E-state index >= 15 is 0 Å². The molecule has 0 bridgehead atoms. The Balaban J connectivity index is 2.73. The summed E-state index contributed by atoms with van der Waals surface area (Å²) >= 11 is 0. The minimum Gasteiger partial charge on any atom is -0.348 e. The fraction of sp³-hybridized carbons (Fsp3) is 0.450. The standard InChI is InChI=1S/C20H28N4O5/c1-13(2)10-15(22-12-25)18(27)19(28)21-11-16(26)23-17(20(29)24(3)4)14-8-6-5-7-9-14/h5-9,12-13,15,17H,10-11H2,1-4H3,(H,21,28)(H,22,25)(H,23,26). The third kappa shape index (κ3) is 7.73. The second kappa shape index (κ2) is 11.6. The van der Waals surface area contributed by atoms with Crippen LogP contribution < -0.4 is 16.0 Å². The molecule has 0 saturated heterocycles. The van der Waals surface area contributed by atoms with Gasteiger partial charge >= 0.3 is 0 Å². The summed E-state index contributed by atoms with van der Waals surface area (Å²) in [6.45, 7) is 3.22. The van der Waals surface area contributed by atoms with Crippen LogP contribution in [0.25, 0.3) is 0 Å². The number of ketones is 1. The number of Topliss-reactive ketones (excluding diaryl/α,β-unsaturated/α-hetero) is 1. The van der Waals surface area contributed by atoms with Crippen LogP contribution in [-0.2, 0) is 24.0 Å². The molecule has 1 rings (SSSR count). The first kappa shape index (κ1) is 23.8. The van der Waals surface area contributed by atoms with Crippen molar-refractivity contribution in [2.45, 2.75) is 32.4 Å². The predicted octanol–water partition coefficient (Wildman–Crippen LogP) is -0.222. The van der Waals surface area contributed by atoms with Crippen molar-refractivity contribution in [1.82, 2.24) is 20.9 Å². The Bertz CT molecular complexity index is 734. The maximum Gasteiger partial charge on any atom is 0.290 e. The summed E-state index contributed by atoms with van der Waals surface area (Å²) in [5, 5.41) is 7.13. The highest BCUT2D eigenvalue weighted by Crippen LogP contribution is 2.14. The van der Waals surface area contributed by atoms with E-state index in [1.54, 1.807) is 44.4 Å². The molecule has 9 nitrogen and oxygen atoms in total. The van der Waals surface area contributed by atoms with Crippen LogP contribution in [0.4, 0.5) is 0 Å². The summed E-state index contributed by atoms with van der Waals surface area (Å²) in [7, 11) is 3.14. The van der Waals surface area contributed by atoms with Crippen molar-refractivity contribution in [2.75, 3.05) is 20.6 Å². The minimum atomic E-state index is -0.977. The summed E-state index contributed by atoms with van der Waals surface area (Å²) < 4.78 is 0. The van der Waals surface area contributed by atoms with Crippen LogP contribution in [0.2, 0.25) is 0 Å². The van der Waals surface area contributed by atoms with Crippen LogP contribution in [-0.4, -0.2) is 61.5 Å². The lowest BCUT2D eigenvalue weighted by Gasteiger charge is -2.22. The van der Waals surface area contributed by atoms with E-state index in [-0.39, 0.29) is 11.8 Å². The second-order valence-corrected chi connectivity index (χ2v) is 7.16. The topological polar surface area (TPSA) is 125 Å². The molecule has 1 aromatic rings. The molecule has 0 aromatic heterocycles. The molecule has 0 saturated carbocycles. The monoisotopic (exact) mass is 404 g/mol. The third-order valence-electron chi connectivity index (χ3n) is 4.05. The summed E-state index contributed by atoms with van der Waals surface area (Å²) in [4.78, 5) is 61.0. The molecule has 0 fully saturated rings. The second-order valence-electron chi connectivity index (χ2n) is 7.16. The maximum atomic E-state index is 12.4. The number of likely N-dealkylation sites (N-methyl/N-ethyl adjacent to an activating group) is 1. The first-order chi connectivity index (χ1) is 13.7. The molecule has 1 aromatic carbocycles.